The van der Waals surface area contributed by atoms with E-state index in [1.165, 1.54) is 38.0 Å². The van der Waals surface area contributed by atoms with Gasteiger partial charge in [0.15, 0.2) is 5.78 Å². The maximum Gasteiger partial charge on any atom is 0.282 e. The number of carbonyl (C=O) groups excluding carboxylic acids is 1. The molecule has 3 rings (SSSR count). The molecule has 2 atom stereocenters. The van der Waals surface area contributed by atoms with Crippen molar-refractivity contribution in [2.75, 3.05) is 39.3 Å². The van der Waals surface area contributed by atoms with Gasteiger partial charge in [-0.1, -0.05) is 12.1 Å². The lowest BCUT2D eigenvalue weighted by Crippen LogP contribution is -2.57. The van der Waals surface area contributed by atoms with Crippen LogP contribution >= 0.6 is 0 Å². The average Bonchev–Trinajstić information content (AvgIpc) is 2.67. The zero-order valence-corrected chi connectivity index (χ0v) is 18.4. The zero-order chi connectivity index (χ0) is 21.4. The van der Waals surface area contributed by atoms with Gasteiger partial charge >= 0.3 is 0 Å². The van der Waals surface area contributed by atoms with Crippen molar-refractivity contribution in [3.63, 3.8) is 0 Å². The average molecular weight is 446 g/mol. The Balaban J connectivity index is 1.71. The maximum absolute atomic E-state index is 13.0. The number of piperazine rings is 1. The number of hydrogen-bond donors (Lipinski definition) is 0. The lowest BCUT2D eigenvalue weighted by Gasteiger charge is -2.40. The number of nitrogens with zero attached hydrogens (tertiary/aromatic N) is 3. The number of benzene rings is 1. The molecule has 2 aliphatic heterocycles. The van der Waals surface area contributed by atoms with Gasteiger partial charge in [-0.15, -0.1) is 0 Å². The van der Waals surface area contributed by atoms with E-state index < -0.39 is 20.2 Å². The summed E-state index contributed by atoms with van der Waals surface area (Å²) >= 11 is 0. The van der Waals surface area contributed by atoms with E-state index in [9.17, 15) is 21.6 Å². The van der Waals surface area contributed by atoms with Crippen LogP contribution in [0, 0.1) is 0 Å². The number of sulfonamides is 1. The van der Waals surface area contributed by atoms with Gasteiger partial charge in [0.2, 0.25) is 10.0 Å². The van der Waals surface area contributed by atoms with Crippen LogP contribution in [0.25, 0.3) is 0 Å². The molecule has 0 aromatic heterocycles. The fourth-order valence-electron chi connectivity index (χ4n) is 3.65. The van der Waals surface area contributed by atoms with E-state index in [0.717, 1.165) is 0 Å². The first-order valence-electron chi connectivity index (χ1n) is 9.53. The molecule has 0 radical (unpaired) electrons. The first kappa shape index (κ1) is 22.3. The predicted octanol–water partition coefficient (Wildman–Crippen LogP) is 0.550. The second-order valence-corrected chi connectivity index (χ2v) is 11.3. The van der Waals surface area contributed by atoms with Crippen LogP contribution in [0.5, 0.6) is 0 Å². The lowest BCUT2D eigenvalue weighted by atomic mass is 10.2. The molecule has 0 N–H and O–H groups in total. The summed E-state index contributed by atoms with van der Waals surface area (Å²) in [6.07, 6.45) is -0.382. The summed E-state index contributed by atoms with van der Waals surface area (Å²) in [5.41, 5.74) is 0.322. The summed E-state index contributed by atoms with van der Waals surface area (Å²) in [7, 11) is -7.49. The molecule has 9 nitrogen and oxygen atoms in total. The van der Waals surface area contributed by atoms with Crippen LogP contribution in [0.1, 0.15) is 31.1 Å². The van der Waals surface area contributed by atoms with Crippen molar-refractivity contribution in [3.05, 3.63) is 29.8 Å². The van der Waals surface area contributed by atoms with E-state index >= 15 is 0 Å². The fraction of sp³-hybridized carbons (Fsp3) is 0.611. The molecule has 2 heterocycles. The minimum Gasteiger partial charge on any atom is -0.373 e. The third kappa shape index (κ3) is 4.70. The van der Waals surface area contributed by atoms with Gasteiger partial charge in [0.05, 0.1) is 17.1 Å². The van der Waals surface area contributed by atoms with Crippen molar-refractivity contribution in [3.8, 4) is 0 Å². The van der Waals surface area contributed by atoms with Crippen LogP contribution < -0.4 is 0 Å². The lowest BCUT2D eigenvalue weighted by molar-refractivity contribution is -0.0456. The molecule has 2 aliphatic rings. The van der Waals surface area contributed by atoms with Crippen LogP contribution in [0.2, 0.25) is 0 Å². The van der Waals surface area contributed by atoms with Crippen molar-refractivity contribution in [2.45, 2.75) is 37.9 Å². The topological polar surface area (TPSA) is 104 Å². The number of rotatable bonds is 5. The number of morpholine rings is 1. The Morgan fingerprint density at radius 1 is 0.931 bits per heavy atom. The van der Waals surface area contributed by atoms with Crippen molar-refractivity contribution >= 4 is 26.0 Å². The quantitative estimate of drug-likeness (QED) is 0.613. The molecule has 0 aliphatic carbocycles. The fourth-order valence-corrected chi connectivity index (χ4v) is 6.86. The van der Waals surface area contributed by atoms with Crippen LogP contribution in [0.4, 0.5) is 0 Å². The molecular weight excluding hydrogens is 418 g/mol. The van der Waals surface area contributed by atoms with Crippen molar-refractivity contribution in [1.29, 1.82) is 0 Å². The molecule has 0 saturated carbocycles. The molecule has 2 unspecified atom stereocenters. The third-order valence-electron chi connectivity index (χ3n) is 5.11. The van der Waals surface area contributed by atoms with Crippen molar-refractivity contribution < 1.29 is 26.4 Å². The molecule has 29 heavy (non-hydrogen) atoms. The molecular formula is C18H27N3O6S2. The monoisotopic (exact) mass is 445 g/mol. The highest BCUT2D eigenvalue weighted by Crippen LogP contribution is 2.22. The van der Waals surface area contributed by atoms with Gasteiger partial charge in [-0.25, -0.2) is 8.42 Å². The summed E-state index contributed by atoms with van der Waals surface area (Å²) in [6, 6.07) is 5.90. The van der Waals surface area contributed by atoms with Gasteiger partial charge in [-0.2, -0.15) is 21.3 Å². The summed E-state index contributed by atoms with van der Waals surface area (Å²) in [5, 5.41) is 0. The Kier molecular flexibility index (Phi) is 6.47. The summed E-state index contributed by atoms with van der Waals surface area (Å²) in [5.74, 6) is -0.216. The third-order valence-corrected chi connectivity index (χ3v) is 8.98. The largest absolute Gasteiger partial charge is 0.373 e. The van der Waals surface area contributed by atoms with E-state index in [0.29, 0.717) is 5.56 Å². The van der Waals surface area contributed by atoms with Gasteiger partial charge in [0.1, 0.15) is 0 Å². The molecule has 1 aromatic carbocycles. The van der Waals surface area contributed by atoms with Gasteiger partial charge < -0.3 is 4.74 Å². The van der Waals surface area contributed by atoms with Crippen LogP contribution in [0.3, 0.4) is 0 Å². The van der Waals surface area contributed by atoms with Crippen LogP contribution in [0.15, 0.2) is 29.2 Å². The Morgan fingerprint density at radius 2 is 1.48 bits per heavy atom. The van der Waals surface area contributed by atoms with Gasteiger partial charge in [-0.3, -0.25) is 4.79 Å². The van der Waals surface area contributed by atoms with Gasteiger partial charge in [0, 0.05) is 44.8 Å². The van der Waals surface area contributed by atoms with E-state index in [2.05, 4.69) is 0 Å². The molecule has 11 heteroatoms. The Labute approximate surface area is 172 Å². The number of hydrogen-bond acceptors (Lipinski definition) is 6. The Hall–Kier alpha value is -1.37. The minimum absolute atomic E-state index is 0.0392. The summed E-state index contributed by atoms with van der Waals surface area (Å²) < 4.78 is 61.4. The summed E-state index contributed by atoms with van der Waals surface area (Å²) in [4.78, 5) is 11.6. The number of ether oxygens (including phenoxy) is 1. The first-order valence-corrected chi connectivity index (χ1v) is 12.4. The van der Waals surface area contributed by atoms with E-state index in [1.54, 1.807) is 6.07 Å². The van der Waals surface area contributed by atoms with Gasteiger partial charge in [0.25, 0.3) is 10.2 Å². The van der Waals surface area contributed by atoms with Crippen molar-refractivity contribution in [2.24, 2.45) is 0 Å². The first-order chi connectivity index (χ1) is 13.5. The Bertz CT molecular complexity index is 961. The highest BCUT2D eigenvalue weighted by Gasteiger charge is 2.38. The smallest absolute Gasteiger partial charge is 0.282 e. The summed E-state index contributed by atoms with van der Waals surface area (Å²) in [6.45, 7) is 5.87. The van der Waals surface area contributed by atoms with Crippen molar-refractivity contribution in [1.82, 2.24) is 12.9 Å². The molecule has 0 spiro atoms. The number of Topliss-reactive ketones (excluding diaryl/α,β-unsaturated/α-hetero) is 1. The van der Waals surface area contributed by atoms with Crippen LogP contribution in [-0.2, 0) is 25.0 Å². The van der Waals surface area contributed by atoms with Gasteiger partial charge in [-0.05, 0) is 32.9 Å². The highest BCUT2D eigenvalue weighted by molar-refractivity contribution is 7.89. The SMILES string of the molecule is CC(=O)c1cccc(S(=O)(=O)N2CCN(S(=O)(=O)N3CC(C)OC(C)C3)CC2)c1. The molecule has 162 valence electrons. The molecule has 1 aromatic rings. The zero-order valence-electron chi connectivity index (χ0n) is 16.8. The minimum atomic E-state index is -3.80. The van der Waals surface area contributed by atoms with Crippen LogP contribution in [-0.4, -0.2) is 87.0 Å². The second kappa shape index (κ2) is 8.40. The predicted molar refractivity (Wildman–Crippen MR) is 107 cm³/mol. The standard InChI is InChI=1S/C18H27N3O6S2/c1-14-12-21(13-15(2)27-14)29(25,26)20-9-7-19(8-10-20)28(23,24)18-6-4-5-17(11-18)16(3)22/h4-6,11,14-15H,7-10,12-13H2,1-3H3. The highest BCUT2D eigenvalue weighted by atomic mass is 32.2. The van der Waals surface area contributed by atoms with E-state index in [-0.39, 0.29) is 62.2 Å². The number of carbonyl (C=O) groups is 1. The maximum atomic E-state index is 13.0. The second-order valence-electron chi connectivity index (χ2n) is 7.47. The molecule has 2 saturated heterocycles. The molecule has 0 amide bonds. The molecule has 2 fully saturated rings. The number of ketones is 1. The van der Waals surface area contributed by atoms with E-state index in [1.807, 2.05) is 13.8 Å². The van der Waals surface area contributed by atoms with E-state index in [4.69, 9.17) is 4.74 Å². The molecule has 0 bridgehead atoms. The Morgan fingerprint density at radius 3 is 2.03 bits per heavy atom. The normalized spacial score (nSPS) is 25.8.